The van der Waals surface area contributed by atoms with Crippen molar-refractivity contribution in [1.82, 2.24) is 14.8 Å². The number of nitrogens with one attached hydrogen (secondary N) is 1. The summed E-state index contributed by atoms with van der Waals surface area (Å²) >= 11 is 0. The number of aromatic nitrogens is 1. The minimum atomic E-state index is -0.934. The summed E-state index contributed by atoms with van der Waals surface area (Å²) in [5, 5.41) is 4.17. The molecule has 1 N–H and O–H groups in total. The smallest absolute Gasteiger partial charge is 0.219 e. The van der Waals surface area contributed by atoms with E-state index in [-0.39, 0.29) is 5.91 Å². The first-order valence-corrected chi connectivity index (χ1v) is 10.9. The average Bonchev–Trinajstić information content (AvgIpc) is 3.21. The Morgan fingerprint density at radius 3 is 2.63 bits per heavy atom. The van der Waals surface area contributed by atoms with Crippen molar-refractivity contribution in [2.75, 3.05) is 19.6 Å². The molecule has 0 saturated carbocycles. The summed E-state index contributed by atoms with van der Waals surface area (Å²) in [5.41, 5.74) is 3.09. The molecule has 1 amide bonds. The molecule has 158 valence electrons. The van der Waals surface area contributed by atoms with Crippen LogP contribution in [0.25, 0.3) is 10.9 Å². The Bertz CT molecular complexity index is 976. The van der Waals surface area contributed by atoms with E-state index in [1.165, 1.54) is 10.9 Å². The number of carbonyl (C=O) groups excluding carboxylic acids is 1. The van der Waals surface area contributed by atoms with E-state index in [9.17, 15) is 9.18 Å². The van der Waals surface area contributed by atoms with Crippen molar-refractivity contribution in [2.45, 2.75) is 44.9 Å². The molecule has 2 aromatic carbocycles. The van der Waals surface area contributed by atoms with Gasteiger partial charge in [0.1, 0.15) is 6.17 Å². The molecule has 1 saturated heterocycles. The maximum absolute atomic E-state index is 14.6. The fraction of sp³-hybridized carbons (Fsp3) is 0.400. The Morgan fingerprint density at radius 2 is 1.90 bits per heavy atom. The van der Waals surface area contributed by atoms with Crippen molar-refractivity contribution < 1.29 is 9.18 Å². The van der Waals surface area contributed by atoms with Crippen LogP contribution < -0.4 is 5.32 Å². The van der Waals surface area contributed by atoms with E-state index >= 15 is 0 Å². The molecule has 1 atom stereocenters. The van der Waals surface area contributed by atoms with Gasteiger partial charge in [-0.15, -0.1) is 0 Å². The number of carbonyl (C=O) groups is 1. The number of hydrogen-bond donors (Lipinski definition) is 1. The van der Waals surface area contributed by atoms with Crippen LogP contribution in [0.3, 0.4) is 0 Å². The minimum Gasteiger partial charge on any atom is -0.352 e. The van der Waals surface area contributed by atoms with Gasteiger partial charge in [0.25, 0.3) is 0 Å². The normalized spacial score (nSPS) is 16.6. The second-order valence-electron chi connectivity index (χ2n) is 8.16. The molecule has 2 heterocycles. The van der Waals surface area contributed by atoms with Crippen LogP contribution in [0, 0.1) is 0 Å². The third kappa shape index (κ3) is 4.73. The third-order valence-electron chi connectivity index (χ3n) is 6.13. The lowest BCUT2D eigenvalue weighted by molar-refractivity contribution is -0.120. The number of hydrogen-bond acceptors (Lipinski definition) is 2. The molecule has 0 bridgehead atoms. The van der Waals surface area contributed by atoms with Crippen molar-refractivity contribution in [2.24, 2.45) is 0 Å². The van der Waals surface area contributed by atoms with Gasteiger partial charge in [-0.3, -0.25) is 9.69 Å². The lowest BCUT2D eigenvalue weighted by Gasteiger charge is -2.34. The molecule has 1 fully saturated rings. The summed E-state index contributed by atoms with van der Waals surface area (Å²) in [5.74, 6) is 0.0690. The van der Waals surface area contributed by atoms with Gasteiger partial charge in [0.2, 0.25) is 5.91 Å². The van der Waals surface area contributed by atoms with E-state index in [0.717, 1.165) is 37.1 Å². The van der Waals surface area contributed by atoms with Crippen LogP contribution in [-0.4, -0.2) is 35.0 Å². The van der Waals surface area contributed by atoms with E-state index in [1.54, 1.807) is 0 Å². The topological polar surface area (TPSA) is 37.3 Å². The molecule has 30 heavy (non-hydrogen) atoms. The molecule has 5 heteroatoms. The van der Waals surface area contributed by atoms with Crippen molar-refractivity contribution in [3.63, 3.8) is 0 Å². The molecular formula is C25H30FN3O. The highest BCUT2D eigenvalue weighted by atomic mass is 19.1. The number of benzene rings is 2. The third-order valence-corrected chi connectivity index (χ3v) is 6.13. The van der Waals surface area contributed by atoms with E-state index < -0.39 is 6.17 Å². The van der Waals surface area contributed by atoms with Crippen molar-refractivity contribution in [3.8, 4) is 0 Å². The second-order valence-corrected chi connectivity index (χ2v) is 8.16. The van der Waals surface area contributed by atoms with Crippen LogP contribution in [0.1, 0.15) is 49.5 Å². The predicted octanol–water partition coefficient (Wildman–Crippen LogP) is 5.02. The van der Waals surface area contributed by atoms with E-state index in [4.69, 9.17) is 0 Å². The number of likely N-dealkylation sites (tertiary alicyclic amines) is 1. The zero-order valence-corrected chi connectivity index (χ0v) is 17.6. The Morgan fingerprint density at radius 1 is 1.13 bits per heavy atom. The number of halogens is 1. The Hall–Kier alpha value is -2.66. The summed E-state index contributed by atoms with van der Waals surface area (Å²) < 4.78 is 17.0. The first-order chi connectivity index (χ1) is 14.6. The van der Waals surface area contributed by atoms with Crippen LogP contribution in [0.5, 0.6) is 0 Å². The van der Waals surface area contributed by atoms with E-state index in [0.29, 0.717) is 25.6 Å². The Kier molecular flexibility index (Phi) is 6.48. The molecule has 0 spiro atoms. The first-order valence-electron chi connectivity index (χ1n) is 10.9. The quantitative estimate of drug-likeness (QED) is 0.597. The van der Waals surface area contributed by atoms with Crippen LogP contribution in [0.2, 0.25) is 0 Å². The van der Waals surface area contributed by atoms with E-state index in [1.807, 2.05) is 37.3 Å². The largest absolute Gasteiger partial charge is 0.352 e. The summed E-state index contributed by atoms with van der Waals surface area (Å²) in [7, 11) is 0. The Labute approximate surface area is 177 Å². The highest BCUT2D eigenvalue weighted by Gasteiger charge is 2.24. The minimum absolute atomic E-state index is 0.0690. The zero-order chi connectivity index (χ0) is 20.9. The van der Waals surface area contributed by atoms with Gasteiger partial charge >= 0.3 is 0 Å². The highest BCUT2D eigenvalue weighted by Crippen LogP contribution is 2.29. The summed E-state index contributed by atoms with van der Waals surface area (Å²) in [6.07, 6.45) is 3.77. The molecular weight excluding hydrogens is 377 g/mol. The van der Waals surface area contributed by atoms with Crippen molar-refractivity contribution >= 4 is 16.8 Å². The standard InChI is InChI=1S/C25H30FN3O/c1-2-25(30)27-17-19-8-9-21-10-15-29(24(21)16-19)22-11-13-28(14-12-22)18-23(26)20-6-4-3-5-7-20/h3-10,15-16,22-23H,2,11-14,17-18H2,1H3,(H,27,30). The maximum Gasteiger partial charge on any atom is 0.219 e. The molecule has 1 aliphatic rings. The van der Waals surface area contributed by atoms with E-state index in [2.05, 4.69) is 45.2 Å². The van der Waals surface area contributed by atoms with Crippen LogP contribution in [-0.2, 0) is 11.3 Å². The van der Waals surface area contributed by atoms with Crippen molar-refractivity contribution in [3.05, 3.63) is 71.9 Å². The Balaban J connectivity index is 1.38. The van der Waals surface area contributed by atoms with Gasteiger partial charge in [-0.1, -0.05) is 49.4 Å². The number of piperidine rings is 1. The number of alkyl halides is 1. The fourth-order valence-electron chi connectivity index (χ4n) is 4.32. The maximum atomic E-state index is 14.6. The predicted molar refractivity (Wildman–Crippen MR) is 119 cm³/mol. The van der Waals surface area contributed by atoms with Gasteiger partial charge < -0.3 is 9.88 Å². The monoisotopic (exact) mass is 407 g/mol. The zero-order valence-electron chi connectivity index (χ0n) is 17.6. The fourth-order valence-corrected chi connectivity index (χ4v) is 4.32. The SMILES string of the molecule is CCC(=O)NCc1ccc2ccn(C3CCN(CC(F)c4ccccc4)CC3)c2c1. The number of amides is 1. The molecule has 1 unspecified atom stereocenters. The summed E-state index contributed by atoms with van der Waals surface area (Å²) in [6, 6.07) is 18.4. The van der Waals surface area contributed by atoms with Crippen LogP contribution in [0.15, 0.2) is 60.8 Å². The van der Waals surface area contributed by atoms with Gasteiger partial charge in [-0.25, -0.2) is 4.39 Å². The van der Waals surface area contributed by atoms with Gasteiger partial charge in [-0.2, -0.15) is 0 Å². The number of nitrogens with zero attached hydrogens (tertiary/aromatic N) is 2. The van der Waals surface area contributed by atoms with Crippen LogP contribution >= 0.6 is 0 Å². The van der Waals surface area contributed by atoms with Gasteiger partial charge in [0.05, 0.1) is 0 Å². The molecule has 4 rings (SSSR count). The number of rotatable bonds is 7. The lowest BCUT2D eigenvalue weighted by atomic mass is 10.0. The molecule has 0 aliphatic carbocycles. The highest BCUT2D eigenvalue weighted by molar-refractivity contribution is 5.81. The van der Waals surface area contributed by atoms with Crippen LogP contribution in [0.4, 0.5) is 4.39 Å². The average molecular weight is 408 g/mol. The molecule has 1 aliphatic heterocycles. The van der Waals surface area contributed by atoms with Gasteiger partial charge in [0.15, 0.2) is 0 Å². The lowest BCUT2D eigenvalue weighted by Crippen LogP contribution is -2.36. The second kappa shape index (κ2) is 9.43. The van der Waals surface area contributed by atoms with Gasteiger partial charge in [-0.05, 0) is 41.5 Å². The summed E-state index contributed by atoms with van der Waals surface area (Å²) in [4.78, 5) is 13.8. The van der Waals surface area contributed by atoms with Gasteiger partial charge in [0, 0.05) is 50.4 Å². The molecule has 1 aromatic heterocycles. The summed E-state index contributed by atoms with van der Waals surface area (Å²) in [6.45, 7) is 4.70. The number of fused-ring (bicyclic) bond motifs is 1. The molecule has 0 radical (unpaired) electrons. The molecule has 3 aromatic rings. The first kappa shape index (κ1) is 20.6. The molecule has 4 nitrogen and oxygen atoms in total. The van der Waals surface area contributed by atoms with Crippen molar-refractivity contribution in [1.29, 1.82) is 0 Å².